The smallest absolute Gasteiger partial charge is 0.240 e. The Morgan fingerprint density at radius 3 is 2.69 bits per heavy atom. The van der Waals surface area contributed by atoms with E-state index in [0.717, 1.165) is 12.0 Å². The molecule has 0 N–H and O–H groups in total. The highest BCUT2D eigenvalue weighted by atomic mass is 35.5. The van der Waals surface area contributed by atoms with Gasteiger partial charge in [0.15, 0.2) is 0 Å². The standard InChI is InChI=1S/C10H11ClN4O/c1-7-5-12-9(13-6-7)10-14-8(16-15-10)3-2-4-11/h5-6H,2-4H2,1H3. The van der Waals surface area contributed by atoms with E-state index in [9.17, 15) is 0 Å². The van der Waals surface area contributed by atoms with Crippen LogP contribution in [0.1, 0.15) is 17.9 Å². The normalized spacial score (nSPS) is 10.6. The minimum Gasteiger partial charge on any atom is -0.339 e. The highest BCUT2D eigenvalue weighted by Crippen LogP contribution is 2.11. The van der Waals surface area contributed by atoms with Crippen LogP contribution in [0.25, 0.3) is 11.6 Å². The molecule has 0 unspecified atom stereocenters. The number of hydrogen-bond acceptors (Lipinski definition) is 5. The van der Waals surface area contributed by atoms with Crippen molar-refractivity contribution in [1.29, 1.82) is 0 Å². The molecule has 0 atom stereocenters. The molecule has 6 heteroatoms. The van der Waals surface area contributed by atoms with Crippen LogP contribution < -0.4 is 0 Å². The third-order valence-electron chi connectivity index (χ3n) is 1.97. The first-order valence-electron chi connectivity index (χ1n) is 4.97. The summed E-state index contributed by atoms with van der Waals surface area (Å²) in [5.41, 5.74) is 0.995. The Kier molecular flexibility index (Phi) is 3.46. The topological polar surface area (TPSA) is 64.7 Å². The van der Waals surface area contributed by atoms with Crippen LogP contribution in [0, 0.1) is 6.92 Å². The minimum absolute atomic E-state index is 0.421. The molecule has 0 saturated carbocycles. The van der Waals surface area contributed by atoms with Gasteiger partial charge in [0.25, 0.3) is 0 Å². The Morgan fingerprint density at radius 1 is 1.25 bits per heavy atom. The first kappa shape index (κ1) is 11.0. The Morgan fingerprint density at radius 2 is 2.00 bits per heavy atom. The van der Waals surface area contributed by atoms with Crippen molar-refractivity contribution in [3.63, 3.8) is 0 Å². The van der Waals surface area contributed by atoms with Crippen LogP contribution in [0.2, 0.25) is 0 Å². The molecule has 2 aromatic heterocycles. The van der Waals surface area contributed by atoms with Crippen LogP contribution in [-0.2, 0) is 6.42 Å². The van der Waals surface area contributed by atoms with E-state index in [1.54, 1.807) is 12.4 Å². The molecule has 0 saturated heterocycles. The highest BCUT2D eigenvalue weighted by Gasteiger charge is 2.10. The van der Waals surface area contributed by atoms with Gasteiger partial charge in [-0.2, -0.15) is 4.98 Å². The monoisotopic (exact) mass is 238 g/mol. The maximum Gasteiger partial charge on any atom is 0.240 e. The van der Waals surface area contributed by atoms with Crippen molar-refractivity contribution in [2.24, 2.45) is 0 Å². The molecule has 0 aliphatic rings. The van der Waals surface area contributed by atoms with Gasteiger partial charge in [0, 0.05) is 24.7 Å². The largest absolute Gasteiger partial charge is 0.339 e. The molecule has 0 fully saturated rings. The number of rotatable bonds is 4. The van der Waals surface area contributed by atoms with Gasteiger partial charge in [-0.25, -0.2) is 9.97 Å². The molecular weight excluding hydrogens is 228 g/mol. The number of nitrogens with zero attached hydrogens (tertiary/aromatic N) is 4. The summed E-state index contributed by atoms with van der Waals surface area (Å²) in [4.78, 5) is 12.4. The number of hydrogen-bond donors (Lipinski definition) is 0. The summed E-state index contributed by atoms with van der Waals surface area (Å²) in [5.74, 6) is 2.05. The van der Waals surface area contributed by atoms with Crippen LogP contribution in [-0.4, -0.2) is 26.0 Å². The molecule has 84 valence electrons. The molecule has 2 heterocycles. The third kappa shape index (κ3) is 2.55. The van der Waals surface area contributed by atoms with Gasteiger partial charge in [0.1, 0.15) is 0 Å². The zero-order chi connectivity index (χ0) is 11.4. The van der Waals surface area contributed by atoms with E-state index in [1.165, 1.54) is 0 Å². The van der Waals surface area contributed by atoms with E-state index >= 15 is 0 Å². The second-order valence-corrected chi connectivity index (χ2v) is 3.77. The summed E-state index contributed by atoms with van der Waals surface area (Å²) in [5, 5.41) is 3.81. The van der Waals surface area contributed by atoms with Gasteiger partial charge in [-0.15, -0.1) is 11.6 Å². The van der Waals surface area contributed by atoms with Crippen molar-refractivity contribution in [2.75, 3.05) is 5.88 Å². The molecule has 0 aliphatic carbocycles. The van der Waals surface area contributed by atoms with Crippen molar-refractivity contribution in [2.45, 2.75) is 19.8 Å². The Balaban J connectivity index is 2.15. The molecule has 0 aromatic carbocycles. The first-order valence-corrected chi connectivity index (χ1v) is 5.50. The summed E-state index contributed by atoms with van der Waals surface area (Å²) in [7, 11) is 0. The predicted octanol–water partition coefficient (Wildman–Crippen LogP) is 2.01. The summed E-state index contributed by atoms with van der Waals surface area (Å²) >= 11 is 5.58. The van der Waals surface area contributed by atoms with Crippen molar-refractivity contribution in [3.8, 4) is 11.6 Å². The fourth-order valence-corrected chi connectivity index (χ4v) is 1.31. The minimum atomic E-state index is 0.421. The lowest BCUT2D eigenvalue weighted by Gasteiger charge is -1.92. The average molecular weight is 239 g/mol. The summed E-state index contributed by atoms with van der Waals surface area (Å²) in [6.45, 7) is 1.92. The Bertz CT molecular complexity index is 454. The van der Waals surface area contributed by atoms with Gasteiger partial charge in [0.2, 0.25) is 17.5 Å². The molecule has 16 heavy (non-hydrogen) atoms. The van der Waals surface area contributed by atoms with Crippen LogP contribution in [0.4, 0.5) is 0 Å². The Hall–Kier alpha value is -1.49. The lowest BCUT2D eigenvalue weighted by Crippen LogP contribution is -1.91. The fourth-order valence-electron chi connectivity index (χ4n) is 1.17. The maximum atomic E-state index is 5.58. The van der Waals surface area contributed by atoms with Gasteiger partial charge in [-0.3, -0.25) is 0 Å². The SMILES string of the molecule is Cc1cnc(-c2noc(CCCCl)n2)nc1. The third-order valence-corrected chi connectivity index (χ3v) is 2.24. The van der Waals surface area contributed by atoms with Gasteiger partial charge < -0.3 is 4.52 Å². The van der Waals surface area contributed by atoms with Gasteiger partial charge in [-0.05, 0) is 18.9 Å². The summed E-state index contributed by atoms with van der Waals surface area (Å²) < 4.78 is 5.05. The zero-order valence-electron chi connectivity index (χ0n) is 8.85. The maximum absolute atomic E-state index is 5.58. The average Bonchev–Trinajstić information content (AvgIpc) is 2.76. The predicted molar refractivity (Wildman–Crippen MR) is 59.1 cm³/mol. The Labute approximate surface area is 97.9 Å². The van der Waals surface area contributed by atoms with Crippen molar-refractivity contribution >= 4 is 11.6 Å². The molecule has 0 amide bonds. The molecule has 2 rings (SSSR count). The van der Waals surface area contributed by atoms with Crippen LogP contribution >= 0.6 is 11.6 Å². The van der Waals surface area contributed by atoms with Gasteiger partial charge >= 0.3 is 0 Å². The van der Waals surface area contributed by atoms with E-state index in [1.807, 2.05) is 6.92 Å². The molecular formula is C10H11ClN4O. The molecule has 0 radical (unpaired) electrons. The quantitative estimate of drug-likeness (QED) is 0.763. The van der Waals surface area contributed by atoms with E-state index < -0.39 is 0 Å². The first-order chi connectivity index (χ1) is 7.79. The van der Waals surface area contributed by atoms with E-state index in [2.05, 4.69) is 20.1 Å². The summed E-state index contributed by atoms with van der Waals surface area (Å²) in [6, 6.07) is 0. The van der Waals surface area contributed by atoms with Gasteiger partial charge in [-0.1, -0.05) is 5.16 Å². The van der Waals surface area contributed by atoms with Crippen molar-refractivity contribution < 1.29 is 4.52 Å². The molecule has 2 aromatic rings. The van der Waals surface area contributed by atoms with E-state index in [-0.39, 0.29) is 0 Å². The number of halogens is 1. The van der Waals surface area contributed by atoms with Gasteiger partial charge in [0.05, 0.1) is 0 Å². The molecule has 0 spiro atoms. The van der Waals surface area contributed by atoms with E-state index in [0.29, 0.717) is 29.8 Å². The lowest BCUT2D eigenvalue weighted by molar-refractivity contribution is 0.378. The molecule has 5 nitrogen and oxygen atoms in total. The number of aryl methyl sites for hydroxylation is 2. The number of aromatic nitrogens is 4. The van der Waals surface area contributed by atoms with E-state index in [4.69, 9.17) is 16.1 Å². The summed E-state index contributed by atoms with van der Waals surface area (Å²) in [6.07, 6.45) is 4.94. The van der Waals surface area contributed by atoms with Crippen LogP contribution in [0.15, 0.2) is 16.9 Å². The molecule has 0 aliphatic heterocycles. The van der Waals surface area contributed by atoms with Crippen LogP contribution in [0.5, 0.6) is 0 Å². The number of alkyl halides is 1. The highest BCUT2D eigenvalue weighted by molar-refractivity contribution is 6.17. The second kappa shape index (κ2) is 5.03. The van der Waals surface area contributed by atoms with Crippen molar-refractivity contribution in [1.82, 2.24) is 20.1 Å². The molecule has 0 bridgehead atoms. The zero-order valence-corrected chi connectivity index (χ0v) is 9.61. The van der Waals surface area contributed by atoms with Crippen molar-refractivity contribution in [3.05, 3.63) is 23.8 Å². The fraction of sp³-hybridized carbons (Fsp3) is 0.400. The lowest BCUT2D eigenvalue weighted by atomic mass is 10.3. The second-order valence-electron chi connectivity index (χ2n) is 3.39. The van der Waals surface area contributed by atoms with Crippen LogP contribution in [0.3, 0.4) is 0 Å².